The zero-order chi connectivity index (χ0) is 14.8. The van der Waals surface area contributed by atoms with Gasteiger partial charge in [0.15, 0.2) is 0 Å². The summed E-state index contributed by atoms with van der Waals surface area (Å²) >= 11 is 3.74. The molecule has 3 rings (SSSR count). The smallest absolute Gasteiger partial charge is 0.0767 e. The monoisotopic (exact) mass is 354 g/mol. The number of likely N-dealkylation sites (tertiary alicyclic amines) is 1. The fourth-order valence-corrected chi connectivity index (χ4v) is 4.03. The summed E-state index contributed by atoms with van der Waals surface area (Å²) in [5.74, 6) is 0.817. The first kappa shape index (κ1) is 15.5. The molecule has 1 N–H and O–H groups in total. The fraction of sp³-hybridized carbons (Fsp3) is 0.812. The molecule has 0 radical (unpaired) electrons. The molecule has 2 fully saturated rings. The maximum Gasteiger partial charge on any atom is 0.0767 e. The van der Waals surface area contributed by atoms with Crippen LogP contribution < -0.4 is 5.32 Å². The first-order valence-corrected chi connectivity index (χ1v) is 9.12. The van der Waals surface area contributed by atoms with Crippen molar-refractivity contribution in [3.63, 3.8) is 0 Å². The second kappa shape index (κ2) is 6.80. The van der Waals surface area contributed by atoms with Crippen LogP contribution in [-0.4, -0.2) is 40.4 Å². The van der Waals surface area contributed by atoms with Gasteiger partial charge in [-0.2, -0.15) is 5.10 Å². The molecule has 4 nitrogen and oxygen atoms in total. The Labute approximate surface area is 136 Å². The van der Waals surface area contributed by atoms with E-state index in [0.717, 1.165) is 24.9 Å². The maximum atomic E-state index is 4.61. The maximum absolute atomic E-state index is 4.61. The molecule has 5 heteroatoms. The highest BCUT2D eigenvalue weighted by atomic mass is 79.9. The summed E-state index contributed by atoms with van der Waals surface area (Å²) in [5, 5.41) is 8.30. The van der Waals surface area contributed by atoms with Gasteiger partial charge in [0.25, 0.3) is 0 Å². The highest BCUT2D eigenvalue weighted by Gasteiger charge is 2.25. The van der Waals surface area contributed by atoms with Gasteiger partial charge in [0.1, 0.15) is 0 Å². The van der Waals surface area contributed by atoms with Crippen molar-refractivity contribution in [3.8, 4) is 0 Å². The lowest BCUT2D eigenvalue weighted by atomic mass is 9.98. The van der Waals surface area contributed by atoms with Crippen molar-refractivity contribution in [1.29, 1.82) is 0 Å². The molecule has 1 aliphatic heterocycles. The third kappa shape index (κ3) is 3.88. The summed E-state index contributed by atoms with van der Waals surface area (Å²) < 4.78 is 3.26. The quantitative estimate of drug-likeness (QED) is 0.852. The standard InChI is InChI=1S/C16H27BrN4/c1-3-14-16(17)15(20(2)19-14)11-21-8-4-5-12(10-21)9-18-13-6-7-13/h12-13,18H,3-11H2,1-2H3. The van der Waals surface area contributed by atoms with Crippen molar-refractivity contribution < 1.29 is 0 Å². The average molecular weight is 355 g/mol. The number of aryl methyl sites for hydroxylation is 2. The second-order valence-corrected chi connectivity index (χ2v) is 7.40. The molecule has 1 atom stereocenters. The molecule has 1 unspecified atom stereocenters. The summed E-state index contributed by atoms with van der Waals surface area (Å²) in [6, 6.07) is 0.832. The Morgan fingerprint density at radius 1 is 1.33 bits per heavy atom. The minimum atomic E-state index is 0.817. The molecule has 0 bridgehead atoms. The highest BCUT2D eigenvalue weighted by Crippen LogP contribution is 2.26. The Hall–Kier alpha value is -0.390. The van der Waals surface area contributed by atoms with Gasteiger partial charge in [0.05, 0.1) is 15.9 Å². The number of aromatic nitrogens is 2. The van der Waals surface area contributed by atoms with Crippen LogP contribution in [0.3, 0.4) is 0 Å². The molecule has 1 saturated carbocycles. The number of hydrogen-bond donors (Lipinski definition) is 1. The van der Waals surface area contributed by atoms with E-state index < -0.39 is 0 Å². The van der Waals surface area contributed by atoms with Crippen molar-refractivity contribution in [2.24, 2.45) is 13.0 Å². The summed E-state index contributed by atoms with van der Waals surface area (Å²) in [6.07, 6.45) is 6.47. The molecule has 118 valence electrons. The Morgan fingerprint density at radius 3 is 2.81 bits per heavy atom. The molecule has 2 heterocycles. The minimum Gasteiger partial charge on any atom is -0.314 e. The SMILES string of the molecule is CCc1nn(C)c(CN2CCCC(CNC3CC3)C2)c1Br. The minimum absolute atomic E-state index is 0.817. The first-order chi connectivity index (χ1) is 10.2. The van der Waals surface area contributed by atoms with Crippen LogP contribution >= 0.6 is 15.9 Å². The lowest BCUT2D eigenvalue weighted by molar-refractivity contribution is 0.161. The Balaban J connectivity index is 1.57. The summed E-state index contributed by atoms with van der Waals surface area (Å²) in [7, 11) is 2.06. The van der Waals surface area contributed by atoms with Crippen LogP contribution in [0.15, 0.2) is 4.47 Å². The van der Waals surface area contributed by atoms with Gasteiger partial charge in [-0.05, 0) is 67.0 Å². The molecule has 1 aromatic heterocycles. The van der Waals surface area contributed by atoms with Gasteiger partial charge < -0.3 is 5.32 Å². The third-order valence-electron chi connectivity index (χ3n) is 4.75. The van der Waals surface area contributed by atoms with Crippen LogP contribution in [0.25, 0.3) is 0 Å². The number of hydrogen-bond acceptors (Lipinski definition) is 3. The van der Waals surface area contributed by atoms with Gasteiger partial charge in [-0.1, -0.05) is 6.92 Å². The van der Waals surface area contributed by atoms with Crippen LogP contribution in [0.2, 0.25) is 0 Å². The van der Waals surface area contributed by atoms with Crippen molar-refractivity contribution in [2.45, 2.75) is 51.6 Å². The van der Waals surface area contributed by atoms with Gasteiger partial charge in [-0.3, -0.25) is 9.58 Å². The zero-order valence-electron chi connectivity index (χ0n) is 13.2. The largest absolute Gasteiger partial charge is 0.314 e. The lowest BCUT2D eigenvalue weighted by Crippen LogP contribution is -2.40. The van der Waals surface area contributed by atoms with Gasteiger partial charge in [-0.25, -0.2) is 0 Å². The van der Waals surface area contributed by atoms with Crippen molar-refractivity contribution in [3.05, 3.63) is 15.9 Å². The van der Waals surface area contributed by atoms with Gasteiger partial charge >= 0.3 is 0 Å². The van der Waals surface area contributed by atoms with Crippen molar-refractivity contribution >= 4 is 15.9 Å². The van der Waals surface area contributed by atoms with Crippen molar-refractivity contribution in [1.82, 2.24) is 20.0 Å². The summed E-state index contributed by atoms with van der Waals surface area (Å²) in [5.41, 5.74) is 2.50. The normalized spacial score (nSPS) is 23.7. The van der Waals surface area contributed by atoms with E-state index in [9.17, 15) is 0 Å². The Morgan fingerprint density at radius 2 is 2.14 bits per heavy atom. The molecule has 2 aliphatic rings. The van der Waals surface area contributed by atoms with Crippen LogP contribution in [0.4, 0.5) is 0 Å². The molecule has 1 aromatic rings. The highest BCUT2D eigenvalue weighted by molar-refractivity contribution is 9.10. The van der Waals surface area contributed by atoms with Crippen molar-refractivity contribution in [2.75, 3.05) is 19.6 Å². The molecule has 1 saturated heterocycles. The van der Waals surface area contributed by atoms with E-state index >= 15 is 0 Å². The van der Waals surface area contributed by atoms with E-state index in [1.165, 1.54) is 61.2 Å². The summed E-state index contributed by atoms with van der Waals surface area (Å²) in [6.45, 7) is 6.83. The predicted molar refractivity (Wildman–Crippen MR) is 89.3 cm³/mol. The number of rotatable bonds is 6. The summed E-state index contributed by atoms with van der Waals surface area (Å²) in [4.78, 5) is 2.60. The lowest BCUT2D eigenvalue weighted by Gasteiger charge is -2.33. The first-order valence-electron chi connectivity index (χ1n) is 8.33. The number of nitrogens with zero attached hydrogens (tertiary/aromatic N) is 3. The average Bonchev–Trinajstić information content (AvgIpc) is 3.28. The Kier molecular flexibility index (Phi) is 5.02. The van der Waals surface area contributed by atoms with E-state index in [2.05, 4.69) is 49.9 Å². The number of piperidine rings is 1. The second-order valence-electron chi connectivity index (χ2n) is 6.61. The van der Waals surface area contributed by atoms with E-state index in [-0.39, 0.29) is 0 Å². The topological polar surface area (TPSA) is 33.1 Å². The molecule has 1 aliphatic carbocycles. The molecular formula is C16H27BrN4. The van der Waals surface area contributed by atoms with E-state index in [1.807, 2.05) is 0 Å². The number of halogens is 1. The predicted octanol–water partition coefficient (Wildman–Crippen LogP) is 2.71. The van der Waals surface area contributed by atoms with E-state index in [0.29, 0.717) is 0 Å². The molecule has 0 aromatic carbocycles. The fourth-order valence-electron chi connectivity index (χ4n) is 3.29. The number of nitrogens with one attached hydrogen (secondary N) is 1. The third-order valence-corrected chi connectivity index (χ3v) is 5.67. The van der Waals surface area contributed by atoms with Crippen LogP contribution in [0.1, 0.15) is 44.0 Å². The van der Waals surface area contributed by atoms with Gasteiger partial charge in [0, 0.05) is 26.2 Å². The molecular weight excluding hydrogens is 328 g/mol. The van der Waals surface area contributed by atoms with Crippen LogP contribution in [0.5, 0.6) is 0 Å². The van der Waals surface area contributed by atoms with Gasteiger partial charge in [0.2, 0.25) is 0 Å². The van der Waals surface area contributed by atoms with Crippen LogP contribution in [-0.2, 0) is 20.0 Å². The molecule has 0 spiro atoms. The van der Waals surface area contributed by atoms with E-state index in [4.69, 9.17) is 0 Å². The Bertz CT molecular complexity index is 481. The molecule has 21 heavy (non-hydrogen) atoms. The van der Waals surface area contributed by atoms with Crippen LogP contribution in [0, 0.1) is 5.92 Å². The molecule has 0 amide bonds. The zero-order valence-corrected chi connectivity index (χ0v) is 14.8. The van der Waals surface area contributed by atoms with E-state index in [1.54, 1.807) is 0 Å². The van der Waals surface area contributed by atoms with Gasteiger partial charge in [-0.15, -0.1) is 0 Å².